The molecule has 1 aromatic rings. The number of hydrogen-bond acceptors (Lipinski definition) is 2. The molecule has 0 amide bonds. The van der Waals surface area contributed by atoms with Crippen LogP contribution in [-0.2, 0) is 4.74 Å². The van der Waals surface area contributed by atoms with Gasteiger partial charge in [0, 0.05) is 0 Å². The van der Waals surface area contributed by atoms with E-state index in [9.17, 15) is 0 Å². The number of para-hydroxylation sites is 1. The van der Waals surface area contributed by atoms with Crippen molar-refractivity contribution in [1.29, 1.82) is 0 Å². The van der Waals surface area contributed by atoms with Gasteiger partial charge < -0.3 is 19.3 Å². The number of benzene rings is 1. The van der Waals surface area contributed by atoms with Crippen LogP contribution in [0.3, 0.4) is 0 Å². The largest absolute Gasteiger partial charge is 0.491 e. The van der Waals surface area contributed by atoms with Crippen molar-refractivity contribution in [1.82, 2.24) is 0 Å². The zero-order chi connectivity index (χ0) is 15.8. The van der Waals surface area contributed by atoms with Crippen LogP contribution in [0.4, 0.5) is 0 Å². The quantitative estimate of drug-likeness (QED) is 0.641. The predicted molar refractivity (Wildman–Crippen MR) is 89.0 cm³/mol. The van der Waals surface area contributed by atoms with Crippen LogP contribution in [-0.4, -0.2) is 59.6 Å². The molecule has 1 aliphatic rings. The molecule has 1 aliphatic heterocycles. The van der Waals surface area contributed by atoms with Crippen LogP contribution in [0.15, 0.2) is 24.3 Å². The number of nitrogens with one attached hydrogen (secondary N) is 2. The van der Waals surface area contributed by atoms with Crippen molar-refractivity contribution in [3.8, 4) is 5.75 Å². The van der Waals surface area contributed by atoms with E-state index in [2.05, 4.69) is 33.0 Å². The Bertz CT molecular complexity index is 429. The molecule has 124 valence electrons. The maximum atomic E-state index is 5.87. The fraction of sp³-hybridized carbons (Fsp3) is 0.667. The average molecular weight is 308 g/mol. The van der Waals surface area contributed by atoms with Gasteiger partial charge in [0.15, 0.2) is 0 Å². The number of rotatable bonds is 8. The molecule has 1 aromatic carbocycles. The van der Waals surface area contributed by atoms with E-state index in [0.717, 1.165) is 18.9 Å². The highest BCUT2D eigenvalue weighted by Gasteiger charge is 2.19. The third kappa shape index (κ3) is 5.59. The Balaban J connectivity index is 1.58. The van der Waals surface area contributed by atoms with E-state index in [1.165, 1.54) is 31.7 Å². The van der Waals surface area contributed by atoms with E-state index in [4.69, 9.17) is 9.47 Å². The molecule has 2 N–H and O–H groups in total. The van der Waals surface area contributed by atoms with Crippen molar-refractivity contribution < 1.29 is 19.3 Å². The molecule has 1 fully saturated rings. The standard InChI is InChI=1S/C18H30N2O2/c1-16(2)17-6-4-5-7-18(17)22-15-14-21-13-12-20-10-8-19(3)9-11-20/h4-7,16H,8-15H2,1-3H3/p+2. The Kier molecular flexibility index (Phi) is 7.16. The molecule has 0 atom stereocenters. The van der Waals surface area contributed by atoms with Crippen molar-refractivity contribution >= 4 is 0 Å². The molecule has 0 radical (unpaired) electrons. The normalized spacial score (nSPS) is 22.0. The molecule has 4 heteroatoms. The van der Waals surface area contributed by atoms with Crippen LogP contribution in [0.5, 0.6) is 5.75 Å². The summed E-state index contributed by atoms with van der Waals surface area (Å²) in [6.45, 7) is 12.8. The Morgan fingerprint density at radius 3 is 2.45 bits per heavy atom. The number of quaternary nitrogens is 2. The minimum Gasteiger partial charge on any atom is -0.491 e. The Hall–Kier alpha value is -1.10. The molecule has 0 bridgehead atoms. The summed E-state index contributed by atoms with van der Waals surface area (Å²) in [5.74, 6) is 1.48. The van der Waals surface area contributed by atoms with Crippen molar-refractivity contribution in [2.75, 3.05) is 59.6 Å². The van der Waals surface area contributed by atoms with E-state index in [-0.39, 0.29) is 0 Å². The molecule has 1 saturated heterocycles. The summed E-state index contributed by atoms with van der Waals surface area (Å²) < 4.78 is 11.6. The van der Waals surface area contributed by atoms with Gasteiger partial charge in [-0.2, -0.15) is 0 Å². The van der Waals surface area contributed by atoms with Gasteiger partial charge in [-0.05, 0) is 17.5 Å². The highest BCUT2D eigenvalue weighted by Crippen LogP contribution is 2.25. The van der Waals surface area contributed by atoms with Crippen molar-refractivity contribution in [2.45, 2.75) is 19.8 Å². The first-order chi connectivity index (χ1) is 10.7. The van der Waals surface area contributed by atoms with Crippen molar-refractivity contribution in [2.24, 2.45) is 0 Å². The first kappa shape index (κ1) is 17.3. The van der Waals surface area contributed by atoms with Crippen LogP contribution in [0, 0.1) is 0 Å². The lowest BCUT2D eigenvalue weighted by atomic mass is 10.0. The summed E-state index contributed by atoms with van der Waals surface area (Å²) in [5, 5.41) is 0. The summed E-state index contributed by atoms with van der Waals surface area (Å²) in [7, 11) is 2.28. The van der Waals surface area contributed by atoms with Crippen molar-refractivity contribution in [3.05, 3.63) is 29.8 Å². The predicted octanol–water partition coefficient (Wildman–Crippen LogP) is -0.381. The lowest BCUT2D eigenvalue weighted by molar-refractivity contribution is -1.00. The van der Waals surface area contributed by atoms with Gasteiger partial charge in [0.05, 0.1) is 20.3 Å². The van der Waals surface area contributed by atoms with Crippen LogP contribution in [0.25, 0.3) is 0 Å². The topological polar surface area (TPSA) is 27.3 Å². The van der Waals surface area contributed by atoms with E-state index in [0.29, 0.717) is 19.1 Å². The second-order valence-corrected chi connectivity index (χ2v) is 6.61. The number of hydrogen-bond donors (Lipinski definition) is 2. The first-order valence-electron chi connectivity index (χ1n) is 8.61. The molecule has 22 heavy (non-hydrogen) atoms. The van der Waals surface area contributed by atoms with E-state index in [1.807, 2.05) is 12.1 Å². The summed E-state index contributed by atoms with van der Waals surface area (Å²) in [6, 6.07) is 8.28. The smallest absolute Gasteiger partial charge is 0.127 e. The van der Waals surface area contributed by atoms with Gasteiger partial charge >= 0.3 is 0 Å². The lowest BCUT2D eigenvalue weighted by Crippen LogP contribution is -3.27. The molecule has 0 spiro atoms. The number of ether oxygens (including phenoxy) is 2. The third-order valence-electron chi connectivity index (χ3n) is 4.44. The molecule has 0 unspecified atom stereocenters. The fourth-order valence-corrected chi connectivity index (χ4v) is 2.90. The van der Waals surface area contributed by atoms with Gasteiger partial charge in [0.1, 0.15) is 45.1 Å². The van der Waals surface area contributed by atoms with Gasteiger partial charge in [-0.3, -0.25) is 0 Å². The van der Waals surface area contributed by atoms with Crippen LogP contribution < -0.4 is 14.5 Å². The van der Waals surface area contributed by atoms with Gasteiger partial charge in [-0.15, -0.1) is 0 Å². The highest BCUT2D eigenvalue weighted by atomic mass is 16.5. The van der Waals surface area contributed by atoms with E-state index < -0.39 is 0 Å². The third-order valence-corrected chi connectivity index (χ3v) is 4.44. The Morgan fingerprint density at radius 2 is 1.73 bits per heavy atom. The maximum Gasteiger partial charge on any atom is 0.127 e. The van der Waals surface area contributed by atoms with E-state index >= 15 is 0 Å². The second-order valence-electron chi connectivity index (χ2n) is 6.61. The Morgan fingerprint density at radius 1 is 1.00 bits per heavy atom. The lowest BCUT2D eigenvalue weighted by Gasteiger charge is -2.27. The minimum absolute atomic E-state index is 0.486. The summed E-state index contributed by atoms with van der Waals surface area (Å²) >= 11 is 0. The maximum absolute atomic E-state index is 5.87. The summed E-state index contributed by atoms with van der Waals surface area (Å²) in [5.41, 5.74) is 1.27. The molecule has 0 aliphatic carbocycles. The SMILES string of the molecule is CC(C)c1ccccc1OCCOCC[NH+]1CC[NH+](C)CC1. The average Bonchev–Trinajstić information content (AvgIpc) is 2.52. The first-order valence-corrected chi connectivity index (χ1v) is 8.61. The van der Waals surface area contributed by atoms with Gasteiger partial charge in [0.25, 0.3) is 0 Å². The molecular weight excluding hydrogens is 276 g/mol. The Labute approximate surface area is 135 Å². The minimum atomic E-state index is 0.486. The van der Waals surface area contributed by atoms with Gasteiger partial charge in [-0.25, -0.2) is 0 Å². The highest BCUT2D eigenvalue weighted by molar-refractivity contribution is 5.35. The second kappa shape index (κ2) is 9.13. The number of piperazine rings is 1. The molecule has 1 heterocycles. The zero-order valence-corrected chi connectivity index (χ0v) is 14.4. The van der Waals surface area contributed by atoms with Crippen LogP contribution >= 0.6 is 0 Å². The van der Waals surface area contributed by atoms with Crippen molar-refractivity contribution in [3.63, 3.8) is 0 Å². The summed E-state index contributed by atoms with van der Waals surface area (Å²) in [6.07, 6.45) is 0. The molecule has 4 nitrogen and oxygen atoms in total. The van der Waals surface area contributed by atoms with Gasteiger partial charge in [0.2, 0.25) is 0 Å². The number of likely N-dealkylation sites (N-methyl/N-ethyl adjacent to an activating group) is 1. The van der Waals surface area contributed by atoms with E-state index in [1.54, 1.807) is 9.80 Å². The van der Waals surface area contributed by atoms with Crippen LogP contribution in [0.2, 0.25) is 0 Å². The molecular formula is C18H32N2O2+2. The van der Waals surface area contributed by atoms with Crippen LogP contribution in [0.1, 0.15) is 25.3 Å². The monoisotopic (exact) mass is 308 g/mol. The zero-order valence-electron chi connectivity index (χ0n) is 14.4. The van der Waals surface area contributed by atoms with Gasteiger partial charge in [-0.1, -0.05) is 32.0 Å². The molecule has 2 rings (SSSR count). The fourth-order valence-electron chi connectivity index (χ4n) is 2.90. The summed E-state index contributed by atoms with van der Waals surface area (Å²) in [4.78, 5) is 3.33. The molecule has 0 saturated carbocycles. The molecule has 0 aromatic heterocycles.